The molecule has 1 aliphatic heterocycles. The van der Waals surface area contributed by atoms with Crippen LogP contribution < -0.4 is 16.0 Å². The minimum absolute atomic E-state index is 0.202. The maximum absolute atomic E-state index is 13.0. The Bertz CT molecular complexity index is 1310. The summed E-state index contributed by atoms with van der Waals surface area (Å²) >= 11 is 1.45. The van der Waals surface area contributed by atoms with Gasteiger partial charge >= 0.3 is 0 Å². The fourth-order valence-corrected chi connectivity index (χ4v) is 4.90. The molecule has 1 aromatic carbocycles. The predicted molar refractivity (Wildman–Crippen MR) is 138 cm³/mol. The second-order valence-corrected chi connectivity index (χ2v) is 9.44. The zero-order chi connectivity index (χ0) is 23.5. The lowest BCUT2D eigenvalue weighted by Crippen LogP contribution is -2.46. The summed E-state index contributed by atoms with van der Waals surface area (Å²) in [6.07, 6.45) is 6.40. The van der Waals surface area contributed by atoms with Crippen molar-refractivity contribution in [3.8, 4) is 10.4 Å². The van der Waals surface area contributed by atoms with Crippen LogP contribution in [0.2, 0.25) is 0 Å². The molecule has 0 radical (unpaired) electrons. The molecule has 4 aromatic rings. The molecule has 3 aromatic heterocycles. The molecule has 0 aliphatic carbocycles. The van der Waals surface area contributed by atoms with Crippen LogP contribution in [-0.4, -0.2) is 58.5 Å². The number of aromatic nitrogens is 3. The number of amides is 1. The molecule has 5 rings (SSSR count). The summed E-state index contributed by atoms with van der Waals surface area (Å²) in [6, 6.07) is 11.6. The molecule has 174 valence electrons. The highest BCUT2D eigenvalue weighted by Gasteiger charge is 2.18. The van der Waals surface area contributed by atoms with Gasteiger partial charge in [0.1, 0.15) is 11.6 Å². The first-order chi connectivity index (χ1) is 16.6. The van der Waals surface area contributed by atoms with E-state index in [1.165, 1.54) is 11.3 Å². The highest BCUT2D eigenvalue weighted by atomic mass is 32.1. The van der Waals surface area contributed by atoms with Crippen molar-refractivity contribution in [1.29, 1.82) is 0 Å². The Labute approximate surface area is 202 Å². The number of carbonyl (C=O) groups is 1. The number of benzene rings is 1. The number of carbonyl (C=O) groups excluding carboxylic acids is 1. The molecule has 1 aliphatic rings. The van der Waals surface area contributed by atoms with Crippen LogP contribution >= 0.6 is 11.3 Å². The van der Waals surface area contributed by atoms with Crippen molar-refractivity contribution >= 4 is 44.8 Å². The summed E-state index contributed by atoms with van der Waals surface area (Å²) in [4.78, 5) is 31.8. The molecule has 0 saturated carbocycles. The number of hydrogen-bond acceptors (Lipinski definition) is 8. The lowest BCUT2D eigenvalue weighted by Gasteiger charge is -2.35. The van der Waals surface area contributed by atoms with Crippen molar-refractivity contribution in [3.05, 3.63) is 60.6 Å². The lowest BCUT2D eigenvalue weighted by atomic mass is 10.1. The molecule has 1 saturated heterocycles. The van der Waals surface area contributed by atoms with E-state index in [2.05, 4.69) is 43.1 Å². The molecule has 3 N–H and O–H groups in total. The Morgan fingerprint density at radius 3 is 2.65 bits per heavy atom. The Morgan fingerprint density at radius 1 is 1.03 bits per heavy atom. The van der Waals surface area contributed by atoms with E-state index >= 15 is 0 Å². The second kappa shape index (κ2) is 9.74. The molecular weight excluding hydrogens is 446 g/mol. The average Bonchev–Trinajstić information content (AvgIpc) is 3.30. The molecular formula is C25H27N7OS. The van der Waals surface area contributed by atoms with Crippen molar-refractivity contribution in [2.24, 2.45) is 0 Å². The van der Waals surface area contributed by atoms with Crippen LogP contribution in [0.5, 0.6) is 0 Å². The predicted octanol–water partition coefficient (Wildman–Crippen LogP) is 4.12. The van der Waals surface area contributed by atoms with Crippen LogP contribution in [0.4, 0.5) is 16.8 Å². The van der Waals surface area contributed by atoms with Gasteiger partial charge in [0.15, 0.2) is 5.13 Å². The number of thiazole rings is 1. The topological polar surface area (TPSA) is 100 Å². The van der Waals surface area contributed by atoms with Gasteiger partial charge in [0.05, 0.1) is 4.88 Å². The monoisotopic (exact) mass is 473 g/mol. The number of fused-ring (bicyclic) bond motifs is 1. The van der Waals surface area contributed by atoms with Gasteiger partial charge < -0.3 is 16.0 Å². The zero-order valence-electron chi connectivity index (χ0n) is 19.1. The summed E-state index contributed by atoms with van der Waals surface area (Å²) < 4.78 is 0. The number of pyridine rings is 2. The van der Waals surface area contributed by atoms with Crippen LogP contribution in [0.1, 0.15) is 23.7 Å². The third-order valence-electron chi connectivity index (χ3n) is 6.02. The number of nitrogens with two attached hydrogens (primary N) is 1. The molecule has 1 fully saturated rings. The SMILES string of the molecule is CCCN1CCN(c2cc(C(=O)Nc3cc4cc(-c5cnc(N)s5)ccc4cn3)ccn2)CC1. The standard InChI is InChI=1S/C25H27N7OS/c1-2-7-31-8-10-32(11-9-31)23-14-18(5-6-27-23)24(33)30-22-13-20-12-17(3-4-19(20)15-28-22)21-16-29-25(26)34-21/h3-6,12-16H,2,7-11H2,1H3,(H2,26,29)(H,28,30,33). The van der Waals surface area contributed by atoms with E-state index in [4.69, 9.17) is 5.73 Å². The van der Waals surface area contributed by atoms with Crippen LogP contribution in [0, 0.1) is 0 Å². The minimum Gasteiger partial charge on any atom is -0.375 e. The summed E-state index contributed by atoms with van der Waals surface area (Å²) in [5, 5.41) is 5.45. The molecule has 0 atom stereocenters. The van der Waals surface area contributed by atoms with Crippen molar-refractivity contribution in [1.82, 2.24) is 19.9 Å². The average molecular weight is 474 g/mol. The first-order valence-electron chi connectivity index (χ1n) is 11.5. The molecule has 4 heterocycles. The van der Waals surface area contributed by atoms with Crippen molar-refractivity contribution in [2.75, 3.05) is 48.7 Å². The Kier molecular flexibility index (Phi) is 6.37. The molecule has 8 nitrogen and oxygen atoms in total. The van der Waals surface area contributed by atoms with E-state index < -0.39 is 0 Å². The normalized spacial score (nSPS) is 14.4. The third kappa shape index (κ3) is 4.85. The zero-order valence-corrected chi connectivity index (χ0v) is 19.9. The van der Waals surface area contributed by atoms with Gasteiger partial charge in [-0.3, -0.25) is 9.69 Å². The smallest absolute Gasteiger partial charge is 0.257 e. The Morgan fingerprint density at radius 2 is 1.88 bits per heavy atom. The second-order valence-electron chi connectivity index (χ2n) is 8.38. The van der Waals surface area contributed by atoms with Gasteiger partial charge in [0.25, 0.3) is 5.91 Å². The largest absolute Gasteiger partial charge is 0.375 e. The van der Waals surface area contributed by atoms with Crippen molar-refractivity contribution in [3.63, 3.8) is 0 Å². The van der Waals surface area contributed by atoms with Crippen molar-refractivity contribution < 1.29 is 4.79 Å². The highest BCUT2D eigenvalue weighted by Crippen LogP contribution is 2.30. The number of rotatable bonds is 6. The first kappa shape index (κ1) is 22.2. The van der Waals surface area contributed by atoms with E-state index in [0.29, 0.717) is 16.5 Å². The number of nitrogens with one attached hydrogen (secondary N) is 1. The number of nitrogens with zero attached hydrogens (tertiary/aromatic N) is 5. The van der Waals surface area contributed by atoms with Gasteiger partial charge in [-0.2, -0.15) is 0 Å². The maximum Gasteiger partial charge on any atom is 0.257 e. The fourth-order valence-electron chi connectivity index (χ4n) is 4.22. The Balaban J connectivity index is 1.31. The number of hydrogen-bond donors (Lipinski definition) is 2. The third-order valence-corrected chi connectivity index (χ3v) is 6.89. The van der Waals surface area contributed by atoms with Crippen LogP contribution in [0.15, 0.2) is 55.0 Å². The molecule has 0 unspecified atom stereocenters. The summed E-state index contributed by atoms with van der Waals surface area (Å²) in [5.41, 5.74) is 7.38. The van der Waals surface area contributed by atoms with Gasteiger partial charge in [-0.1, -0.05) is 30.4 Å². The molecule has 9 heteroatoms. The number of piperazine rings is 1. The quantitative estimate of drug-likeness (QED) is 0.434. The maximum atomic E-state index is 13.0. The number of anilines is 3. The van der Waals surface area contributed by atoms with Crippen LogP contribution in [-0.2, 0) is 0 Å². The van der Waals surface area contributed by atoms with E-state index in [-0.39, 0.29) is 5.91 Å². The lowest BCUT2D eigenvalue weighted by molar-refractivity contribution is 0.102. The van der Waals surface area contributed by atoms with Gasteiger partial charge in [-0.05, 0) is 48.2 Å². The van der Waals surface area contributed by atoms with Gasteiger partial charge in [0, 0.05) is 55.7 Å². The van der Waals surface area contributed by atoms with Gasteiger partial charge in [0.2, 0.25) is 0 Å². The molecule has 34 heavy (non-hydrogen) atoms. The summed E-state index contributed by atoms with van der Waals surface area (Å²) in [7, 11) is 0. The minimum atomic E-state index is -0.202. The van der Waals surface area contributed by atoms with Crippen LogP contribution in [0.25, 0.3) is 21.2 Å². The van der Waals surface area contributed by atoms with E-state index in [0.717, 1.165) is 66.2 Å². The molecule has 0 spiro atoms. The first-order valence-corrected chi connectivity index (χ1v) is 12.3. The fraction of sp³-hybridized carbons (Fsp3) is 0.280. The highest BCUT2D eigenvalue weighted by molar-refractivity contribution is 7.18. The molecule has 0 bridgehead atoms. The van der Waals surface area contributed by atoms with Crippen LogP contribution in [0.3, 0.4) is 0 Å². The molecule has 1 amide bonds. The Hall–Kier alpha value is -3.56. The van der Waals surface area contributed by atoms with Gasteiger partial charge in [-0.15, -0.1) is 0 Å². The van der Waals surface area contributed by atoms with E-state index in [1.54, 1.807) is 24.7 Å². The number of nitrogen functional groups attached to an aromatic ring is 1. The summed E-state index contributed by atoms with van der Waals surface area (Å²) in [5.74, 6) is 1.14. The van der Waals surface area contributed by atoms with E-state index in [9.17, 15) is 4.79 Å². The van der Waals surface area contributed by atoms with Crippen molar-refractivity contribution in [2.45, 2.75) is 13.3 Å². The summed E-state index contributed by atoms with van der Waals surface area (Å²) in [6.45, 7) is 7.20. The van der Waals surface area contributed by atoms with Gasteiger partial charge in [-0.25, -0.2) is 15.0 Å². The van der Waals surface area contributed by atoms with E-state index in [1.807, 2.05) is 24.3 Å².